The van der Waals surface area contributed by atoms with Crippen LogP contribution in [0.15, 0.2) is 35.0 Å². The molecule has 80 valence electrons. The average molecular weight is 203 g/mol. The number of hydrogen-bond acceptors (Lipinski definition) is 2. The topological polar surface area (TPSA) is 25.2 Å². The second-order valence-electron chi connectivity index (χ2n) is 4.63. The quantitative estimate of drug-likeness (QED) is 0.760. The van der Waals surface area contributed by atoms with E-state index in [2.05, 4.69) is 17.5 Å². The van der Waals surface area contributed by atoms with E-state index in [0.717, 1.165) is 36.6 Å². The second-order valence-corrected chi connectivity index (χ2v) is 4.63. The summed E-state index contributed by atoms with van der Waals surface area (Å²) in [5.41, 5.74) is 0. The van der Waals surface area contributed by atoms with E-state index >= 15 is 0 Å². The van der Waals surface area contributed by atoms with Crippen molar-refractivity contribution in [3.05, 3.63) is 36.3 Å². The van der Waals surface area contributed by atoms with Crippen LogP contribution in [-0.2, 0) is 6.42 Å². The van der Waals surface area contributed by atoms with Crippen molar-refractivity contribution in [2.45, 2.75) is 25.3 Å². The van der Waals surface area contributed by atoms with E-state index in [1.165, 1.54) is 12.8 Å². The van der Waals surface area contributed by atoms with Gasteiger partial charge in [0, 0.05) is 19.0 Å². The molecule has 0 radical (unpaired) electrons. The van der Waals surface area contributed by atoms with Gasteiger partial charge in [-0.05, 0) is 36.8 Å². The Labute approximate surface area is 90.4 Å². The fraction of sp³-hybridized carbons (Fsp3) is 0.538. The first kappa shape index (κ1) is 9.22. The molecule has 1 heterocycles. The van der Waals surface area contributed by atoms with Crippen LogP contribution < -0.4 is 5.32 Å². The summed E-state index contributed by atoms with van der Waals surface area (Å²) in [5, 5.41) is 3.62. The fourth-order valence-electron chi connectivity index (χ4n) is 2.78. The summed E-state index contributed by atoms with van der Waals surface area (Å²) >= 11 is 0. The molecule has 2 aliphatic carbocycles. The normalized spacial score (nSPS) is 32.7. The van der Waals surface area contributed by atoms with Gasteiger partial charge in [-0.25, -0.2) is 0 Å². The fourth-order valence-corrected chi connectivity index (χ4v) is 2.78. The lowest BCUT2D eigenvalue weighted by Crippen LogP contribution is -2.48. The minimum atomic E-state index is 0.726. The van der Waals surface area contributed by atoms with Gasteiger partial charge < -0.3 is 9.73 Å². The van der Waals surface area contributed by atoms with Crippen molar-refractivity contribution in [1.29, 1.82) is 0 Å². The van der Waals surface area contributed by atoms with Gasteiger partial charge in [0.15, 0.2) is 0 Å². The number of furan rings is 1. The minimum absolute atomic E-state index is 0.726. The highest BCUT2D eigenvalue weighted by Gasteiger charge is 2.40. The Bertz CT molecular complexity index is 341. The van der Waals surface area contributed by atoms with E-state index in [1.54, 1.807) is 6.26 Å². The van der Waals surface area contributed by atoms with Crippen molar-refractivity contribution in [3.8, 4) is 0 Å². The van der Waals surface area contributed by atoms with Gasteiger partial charge in [0.25, 0.3) is 0 Å². The Balaban J connectivity index is 1.42. The summed E-state index contributed by atoms with van der Waals surface area (Å²) in [6.45, 7) is 1.04. The van der Waals surface area contributed by atoms with Gasteiger partial charge in [0.1, 0.15) is 5.76 Å². The van der Waals surface area contributed by atoms with Crippen molar-refractivity contribution in [2.24, 2.45) is 11.8 Å². The maximum Gasteiger partial charge on any atom is 0.105 e. The van der Waals surface area contributed by atoms with Crippen molar-refractivity contribution in [1.82, 2.24) is 5.32 Å². The standard InChI is InChI=1S/C13H17NO/c1-3-10-9-13(12(10)5-1)14-7-6-11-4-2-8-15-11/h1-2,4-5,8,10,12-14H,3,6-7,9H2. The van der Waals surface area contributed by atoms with Crippen LogP contribution in [0.1, 0.15) is 18.6 Å². The zero-order chi connectivity index (χ0) is 10.1. The third kappa shape index (κ3) is 1.74. The molecule has 1 aromatic heterocycles. The van der Waals surface area contributed by atoms with Crippen LogP contribution in [0.25, 0.3) is 0 Å². The Hall–Kier alpha value is -1.02. The molecule has 2 nitrogen and oxygen atoms in total. The summed E-state index contributed by atoms with van der Waals surface area (Å²) in [6.07, 6.45) is 10.1. The van der Waals surface area contributed by atoms with Crippen LogP contribution in [-0.4, -0.2) is 12.6 Å². The first-order valence-electron chi connectivity index (χ1n) is 5.86. The lowest BCUT2D eigenvalue weighted by atomic mass is 9.71. The zero-order valence-electron chi connectivity index (χ0n) is 8.86. The molecular weight excluding hydrogens is 186 g/mol. The number of rotatable bonds is 4. The van der Waals surface area contributed by atoms with Crippen LogP contribution in [0.4, 0.5) is 0 Å². The first-order chi connectivity index (χ1) is 7.43. The molecular formula is C13H17NO. The summed E-state index contributed by atoms with van der Waals surface area (Å²) in [6, 6.07) is 4.72. The summed E-state index contributed by atoms with van der Waals surface area (Å²) in [7, 11) is 0. The third-order valence-electron chi connectivity index (χ3n) is 3.72. The molecule has 0 aromatic carbocycles. The zero-order valence-corrected chi connectivity index (χ0v) is 8.86. The smallest absolute Gasteiger partial charge is 0.105 e. The highest BCUT2D eigenvalue weighted by molar-refractivity contribution is 5.13. The van der Waals surface area contributed by atoms with E-state index in [4.69, 9.17) is 4.42 Å². The van der Waals surface area contributed by atoms with E-state index in [-0.39, 0.29) is 0 Å². The minimum Gasteiger partial charge on any atom is -0.469 e. The molecule has 3 rings (SSSR count). The predicted molar refractivity (Wildman–Crippen MR) is 59.6 cm³/mol. The third-order valence-corrected chi connectivity index (χ3v) is 3.72. The molecule has 0 bridgehead atoms. The molecule has 3 atom stereocenters. The van der Waals surface area contributed by atoms with Crippen LogP contribution in [0, 0.1) is 11.8 Å². The molecule has 2 heteroatoms. The summed E-state index contributed by atoms with van der Waals surface area (Å²) in [4.78, 5) is 0. The predicted octanol–water partition coefficient (Wildman–Crippen LogP) is 2.38. The van der Waals surface area contributed by atoms with Gasteiger partial charge in [-0.1, -0.05) is 12.2 Å². The molecule has 15 heavy (non-hydrogen) atoms. The van der Waals surface area contributed by atoms with Crippen molar-refractivity contribution in [3.63, 3.8) is 0 Å². The average Bonchev–Trinajstić information content (AvgIpc) is 2.82. The second kappa shape index (κ2) is 3.86. The SMILES string of the molecule is C1=CC2C(C1)CC2NCCc1ccco1. The van der Waals surface area contributed by atoms with Gasteiger partial charge >= 0.3 is 0 Å². The Morgan fingerprint density at radius 1 is 1.47 bits per heavy atom. The van der Waals surface area contributed by atoms with Gasteiger partial charge in [-0.15, -0.1) is 0 Å². The maximum atomic E-state index is 5.30. The van der Waals surface area contributed by atoms with Gasteiger partial charge in [0.2, 0.25) is 0 Å². The molecule has 1 N–H and O–H groups in total. The number of fused-ring (bicyclic) bond motifs is 1. The largest absolute Gasteiger partial charge is 0.469 e. The molecule has 0 saturated heterocycles. The number of nitrogens with one attached hydrogen (secondary N) is 1. The molecule has 0 aliphatic heterocycles. The molecule has 1 aromatic rings. The Morgan fingerprint density at radius 3 is 3.27 bits per heavy atom. The van der Waals surface area contributed by atoms with Crippen molar-refractivity contribution in [2.75, 3.05) is 6.54 Å². The number of hydrogen-bond donors (Lipinski definition) is 1. The first-order valence-corrected chi connectivity index (χ1v) is 5.86. The monoisotopic (exact) mass is 203 g/mol. The Morgan fingerprint density at radius 2 is 2.47 bits per heavy atom. The van der Waals surface area contributed by atoms with E-state index in [0.29, 0.717) is 0 Å². The van der Waals surface area contributed by atoms with Gasteiger partial charge in [0.05, 0.1) is 6.26 Å². The lowest BCUT2D eigenvalue weighted by molar-refractivity contribution is 0.164. The molecule has 1 fully saturated rings. The van der Waals surface area contributed by atoms with E-state index in [1.807, 2.05) is 12.1 Å². The van der Waals surface area contributed by atoms with Crippen LogP contribution >= 0.6 is 0 Å². The van der Waals surface area contributed by atoms with Gasteiger partial charge in [-0.3, -0.25) is 0 Å². The number of allylic oxidation sites excluding steroid dienone is 1. The van der Waals surface area contributed by atoms with Crippen LogP contribution in [0.5, 0.6) is 0 Å². The molecule has 1 saturated carbocycles. The maximum absolute atomic E-state index is 5.30. The molecule has 0 spiro atoms. The Kier molecular flexibility index (Phi) is 2.37. The van der Waals surface area contributed by atoms with Crippen LogP contribution in [0.3, 0.4) is 0 Å². The molecule has 2 aliphatic rings. The van der Waals surface area contributed by atoms with Crippen molar-refractivity contribution >= 4 is 0 Å². The van der Waals surface area contributed by atoms with Crippen molar-refractivity contribution < 1.29 is 4.42 Å². The molecule has 0 amide bonds. The summed E-state index contributed by atoms with van der Waals surface area (Å²) in [5.74, 6) is 2.85. The highest BCUT2D eigenvalue weighted by atomic mass is 16.3. The highest BCUT2D eigenvalue weighted by Crippen LogP contribution is 2.42. The van der Waals surface area contributed by atoms with E-state index in [9.17, 15) is 0 Å². The van der Waals surface area contributed by atoms with Crippen LogP contribution in [0.2, 0.25) is 0 Å². The van der Waals surface area contributed by atoms with Gasteiger partial charge in [-0.2, -0.15) is 0 Å². The summed E-state index contributed by atoms with van der Waals surface area (Å²) < 4.78 is 5.30. The molecule has 3 unspecified atom stereocenters. The van der Waals surface area contributed by atoms with E-state index < -0.39 is 0 Å². The lowest BCUT2D eigenvalue weighted by Gasteiger charge is -2.40.